The molecule has 1 aromatic carbocycles. The van der Waals surface area contributed by atoms with E-state index in [1.807, 2.05) is 0 Å². The first-order valence-corrected chi connectivity index (χ1v) is 6.31. The lowest BCUT2D eigenvalue weighted by Gasteiger charge is -2.12. The van der Waals surface area contributed by atoms with Crippen LogP contribution in [0.4, 0.5) is 17.6 Å². The number of pyridine rings is 1. The number of alkyl halides is 3. The smallest absolute Gasteiger partial charge is 0.384 e. The fourth-order valence-corrected chi connectivity index (χ4v) is 2.16. The van der Waals surface area contributed by atoms with Crippen molar-refractivity contribution in [3.63, 3.8) is 0 Å². The van der Waals surface area contributed by atoms with Crippen molar-refractivity contribution in [1.29, 1.82) is 0 Å². The lowest BCUT2D eigenvalue weighted by molar-refractivity contribution is -0.0328. The van der Waals surface area contributed by atoms with E-state index in [0.29, 0.717) is 5.56 Å². The summed E-state index contributed by atoms with van der Waals surface area (Å²) in [6, 6.07) is 6.36. The average Bonchev–Trinajstić information content (AvgIpc) is 2.37. The monoisotopic (exact) mass is 303 g/mol. The first kappa shape index (κ1) is 14.8. The second kappa shape index (κ2) is 5.80. The van der Waals surface area contributed by atoms with Gasteiger partial charge in [-0.25, -0.2) is 4.39 Å². The molecule has 106 valence electrons. The maximum absolute atomic E-state index is 13.0. The molecular formula is C13H9F4NOS. The molecule has 0 aliphatic heterocycles. The molecule has 0 radical (unpaired) electrons. The van der Waals surface area contributed by atoms with E-state index in [1.54, 1.807) is 0 Å². The van der Waals surface area contributed by atoms with Gasteiger partial charge in [0, 0.05) is 16.7 Å². The third-order valence-corrected chi connectivity index (χ3v) is 3.21. The highest BCUT2D eigenvalue weighted by Crippen LogP contribution is 2.37. The standard InChI is InChI=1S/C13H9F4NOS/c14-10-5-9(6-18-7-10)12(19)8-1-3-11(4-2-8)20-13(15,16)17/h1-7,12,19H. The van der Waals surface area contributed by atoms with Crippen molar-refractivity contribution in [2.45, 2.75) is 16.5 Å². The molecule has 20 heavy (non-hydrogen) atoms. The molecule has 1 aromatic heterocycles. The quantitative estimate of drug-likeness (QED) is 0.689. The van der Waals surface area contributed by atoms with E-state index in [4.69, 9.17) is 0 Å². The molecule has 1 unspecified atom stereocenters. The van der Waals surface area contributed by atoms with Crippen molar-refractivity contribution < 1.29 is 22.7 Å². The molecular weight excluding hydrogens is 294 g/mol. The summed E-state index contributed by atoms with van der Waals surface area (Å²) < 4.78 is 49.5. The Morgan fingerprint density at radius 3 is 2.25 bits per heavy atom. The highest BCUT2D eigenvalue weighted by Gasteiger charge is 2.29. The van der Waals surface area contributed by atoms with Gasteiger partial charge < -0.3 is 5.11 Å². The van der Waals surface area contributed by atoms with E-state index in [-0.39, 0.29) is 22.2 Å². The van der Waals surface area contributed by atoms with Crippen LogP contribution >= 0.6 is 11.8 Å². The van der Waals surface area contributed by atoms with Gasteiger partial charge in [-0.3, -0.25) is 4.98 Å². The van der Waals surface area contributed by atoms with Gasteiger partial charge in [0.25, 0.3) is 0 Å². The molecule has 1 heterocycles. The summed E-state index contributed by atoms with van der Waals surface area (Å²) >= 11 is -0.235. The minimum atomic E-state index is -4.35. The van der Waals surface area contributed by atoms with Gasteiger partial charge in [-0.2, -0.15) is 13.2 Å². The molecule has 0 saturated carbocycles. The maximum Gasteiger partial charge on any atom is 0.446 e. The number of thioether (sulfide) groups is 1. The second-order valence-corrected chi connectivity index (χ2v) is 5.09. The van der Waals surface area contributed by atoms with Crippen LogP contribution < -0.4 is 0 Å². The zero-order chi connectivity index (χ0) is 14.8. The SMILES string of the molecule is OC(c1ccc(SC(F)(F)F)cc1)c1cncc(F)c1. The number of hydrogen-bond donors (Lipinski definition) is 1. The summed E-state index contributed by atoms with van der Waals surface area (Å²) in [6.45, 7) is 0. The molecule has 0 aliphatic carbocycles. The third-order valence-electron chi connectivity index (χ3n) is 2.47. The third kappa shape index (κ3) is 3.94. The van der Waals surface area contributed by atoms with Crippen molar-refractivity contribution in [3.8, 4) is 0 Å². The van der Waals surface area contributed by atoms with Crippen LogP contribution in [0, 0.1) is 5.82 Å². The average molecular weight is 303 g/mol. The molecule has 0 spiro atoms. The Morgan fingerprint density at radius 2 is 1.70 bits per heavy atom. The van der Waals surface area contributed by atoms with E-state index in [9.17, 15) is 22.7 Å². The molecule has 0 amide bonds. The van der Waals surface area contributed by atoms with Gasteiger partial charge >= 0.3 is 5.51 Å². The van der Waals surface area contributed by atoms with Gasteiger partial charge in [0.2, 0.25) is 0 Å². The normalized spacial score (nSPS) is 13.2. The topological polar surface area (TPSA) is 33.1 Å². The number of aliphatic hydroxyl groups excluding tert-OH is 1. The number of rotatable bonds is 3. The molecule has 0 saturated heterocycles. The second-order valence-electron chi connectivity index (χ2n) is 3.96. The summed E-state index contributed by atoms with van der Waals surface area (Å²) in [5, 5.41) is 10.0. The van der Waals surface area contributed by atoms with Gasteiger partial charge in [-0.05, 0) is 35.5 Å². The largest absolute Gasteiger partial charge is 0.446 e. The fraction of sp³-hybridized carbons (Fsp3) is 0.154. The Bertz CT molecular complexity index is 586. The van der Waals surface area contributed by atoms with Crippen LogP contribution in [0.5, 0.6) is 0 Å². The molecule has 1 atom stereocenters. The molecule has 1 N–H and O–H groups in total. The summed E-state index contributed by atoms with van der Waals surface area (Å²) in [5.41, 5.74) is -3.75. The van der Waals surface area contributed by atoms with Crippen molar-refractivity contribution in [2.24, 2.45) is 0 Å². The molecule has 2 nitrogen and oxygen atoms in total. The molecule has 2 aromatic rings. The Labute approximate surface area is 116 Å². The first-order chi connectivity index (χ1) is 9.35. The van der Waals surface area contributed by atoms with Crippen LogP contribution in [0.1, 0.15) is 17.2 Å². The lowest BCUT2D eigenvalue weighted by Crippen LogP contribution is -2.02. The van der Waals surface area contributed by atoms with Crippen LogP contribution in [0.2, 0.25) is 0 Å². The number of benzene rings is 1. The first-order valence-electron chi connectivity index (χ1n) is 5.49. The molecule has 7 heteroatoms. The van der Waals surface area contributed by atoms with Gasteiger partial charge in [0.1, 0.15) is 11.9 Å². The predicted octanol–water partition coefficient (Wildman–Crippen LogP) is 3.91. The number of hydrogen-bond acceptors (Lipinski definition) is 3. The minimum Gasteiger partial charge on any atom is -0.384 e. The summed E-state index contributed by atoms with van der Waals surface area (Å²) in [4.78, 5) is 3.63. The van der Waals surface area contributed by atoms with Crippen molar-refractivity contribution in [1.82, 2.24) is 4.98 Å². The van der Waals surface area contributed by atoms with Crippen LogP contribution in [0.15, 0.2) is 47.6 Å². The number of aliphatic hydroxyl groups is 1. The Hall–Kier alpha value is -1.60. The van der Waals surface area contributed by atoms with Gasteiger partial charge in [-0.1, -0.05) is 12.1 Å². The summed E-state index contributed by atoms with van der Waals surface area (Å²) in [7, 11) is 0. The minimum absolute atomic E-state index is 0.0193. The Balaban J connectivity index is 2.17. The van der Waals surface area contributed by atoms with E-state index in [0.717, 1.165) is 12.3 Å². The van der Waals surface area contributed by atoms with Gasteiger partial charge in [-0.15, -0.1) is 0 Å². The molecule has 2 rings (SSSR count). The molecule has 0 bridgehead atoms. The van der Waals surface area contributed by atoms with Crippen LogP contribution in [0.25, 0.3) is 0 Å². The number of aromatic nitrogens is 1. The highest BCUT2D eigenvalue weighted by atomic mass is 32.2. The number of halogens is 4. The fourth-order valence-electron chi connectivity index (χ4n) is 1.62. The van der Waals surface area contributed by atoms with Crippen LogP contribution in [-0.4, -0.2) is 15.6 Å². The van der Waals surface area contributed by atoms with Gasteiger partial charge in [0.15, 0.2) is 0 Å². The maximum atomic E-state index is 13.0. The number of nitrogens with zero attached hydrogens (tertiary/aromatic N) is 1. The Morgan fingerprint density at radius 1 is 1.05 bits per heavy atom. The zero-order valence-electron chi connectivity index (χ0n) is 9.93. The van der Waals surface area contributed by atoms with Crippen LogP contribution in [-0.2, 0) is 0 Å². The van der Waals surface area contributed by atoms with E-state index in [1.165, 1.54) is 30.5 Å². The summed E-state index contributed by atoms with van der Waals surface area (Å²) in [5.74, 6) is -0.592. The summed E-state index contributed by atoms with van der Waals surface area (Å²) in [6.07, 6.45) is 1.16. The Kier molecular flexibility index (Phi) is 4.29. The van der Waals surface area contributed by atoms with E-state index in [2.05, 4.69) is 4.98 Å². The van der Waals surface area contributed by atoms with Gasteiger partial charge in [0.05, 0.1) is 6.20 Å². The van der Waals surface area contributed by atoms with E-state index < -0.39 is 17.4 Å². The van der Waals surface area contributed by atoms with Crippen molar-refractivity contribution in [2.75, 3.05) is 0 Å². The lowest BCUT2D eigenvalue weighted by atomic mass is 10.0. The van der Waals surface area contributed by atoms with E-state index >= 15 is 0 Å². The van der Waals surface area contributed by atoms with Crippen LogP contribution in [0.3, 0.4) is 0 Å². The van der Waals surface area contributed by atoms with Crippen molar-refractivity contribution >= 4 is 11.8 Å². The highest BCUT2D eigenvalue weighted by molar-refractivity contribution is 8.00. The molecule has 0 aliphatic rings. The predicted molar refractivity (Wildman–Crippen MR) is 66.6 cm³/mol. The zero-order valence-corrected chi connectivity index (χ0v) is 10.7. The van der Waals surface area contributed by atoms with Crippen molar-refractivity contribution in [3.05, 3.63) is 59.7 Å². The molecule has 0 fully saturated rings.